The van der Waals surface area contributed by atoms with Gasteiger partial charge in [-0.15, -0.1) is 0 Å². The number of nitrogen functional groups attached to an aromatic ring is 1. The minimum absolute atomic E-state index is 0.0470. The van der Waals surface area contributed by atoms with Gasteiger partial charge in [0.05, 0.1) is 16.5 Å². The molecule has 0 bridgehead atoms. The zero-order chi connectivity index (χ0) is 14.4. The third kappa shape index (κ3) is 2.05. The van der Waals surface area contributed by atoms with Crippen LogP contribution in [0.2, 0.25) is 0 Å². The molecule has 0 fully saturated rings. The Balaban J connectivity index is 2.36. The normalized spacial score (nSPS) is 14.7. The molecule has 3 amide bonds. The average molecular weight is 261 g/mol. The largest absolute Gasteiger partial charge is 0.399 e. The van der Waals surface area contributed by atoms with Crippen molar-refractivity contribution in [1.82, 2.24) is 4.90 Å². The fourth-order valence-corrected chi connectivity index (χ4v) is 1.93. The number of hydrogen-bond acceptors (Lipinski definition) is 4. The molecule has 0 aliphatic carbocycles. The first-order chi connectivity index (χ1) is 8.74. The van der Waals surface area contributed by atoms with Crippen LogP contribution in [0.1, 0.15) is 34.6 Å². The van der Waals surface area contributed by atoms with E-state index >= 15 is 0 Å². The van der Waals surface area contributed by atoms with Crippen molar-refractivity contribution in [3.63, 3.8) is 0 Å². The van der Waals surface area contributed by atoms with Crippen LogP contribution >= 0.6 is 0 Å². The van der Waals surface area contributed by atoms with Crippen molar-refractivity contribution in [1.29, 1.82) is 0 Å². The second-order valence-electron chi connectivity index (χ2n) is 5.25. The molecule has 1 aliphatic heterocycles. The Hall–Kier alpha value is -2.37. The van der Waals surface area contributed by atoms with Crippen molar-refractivity contribution in [2.75, 3.05) is 12.3 Å². The number of amides is 3. The Kier molecular flexibility index (Phi) is 2.81. The third-order valence-corrected chi connectivity index (χ3v) is 3.22. The summed E-state index contributed by atoms with van der Waals surface area (Å²) in [5.41, 5.74) is 10.9. The SMILES string of the molecule is CC(C)(CN1C(=O)c2ccc(N)cc2C1=O)C(N)=O. The molecule has 0 unspecified atom stereocenters. The van der Waals surface area contributed by atoms with Crippen molar-refractivity contribution in [3.05, 3.63) is 29.3 Å². The van der Waals surface area contributed by atoms with Gasteiger partial charge in [-0.25, -0.2) is 0 Å². The Bertz CT molecular complexity index is 593. The minimum atomic E-state index is -0.973. The van der Waals surface area contributed by atoms with Crippen LogP contribution in [-0.2, 0) is 4.79 Å². The maximum Gasteiger partial charge on any atom is 0.261 e. The van der Waals surface area contributed by atoms with E-state index in [1.165, 1.54) is 12.1 Å². The van der Waals surface area contributed by atoms with Crippen LogP contribution in [0.4, 0.5) is 5.69 Å². The van der Waals surface area contributed by atoms with E-state index in [0.717, 1.165) is 4.90 Å². The van der Waals surface area contributed by atoms with Crippen LogP contribution in [0.5, 0.6) is 0 Å². The van der Waals surface area contributed by atoms with E-state index in [-0.39, 0.29) is 12.1 Å². The number of carbonyl (C=O) groups excluding carboxylic acids is 3. The number of nitrogens with zero attached hydrogens (tertiary/aromatic N) is 1. The Labute approximate surface area is 110 Å². The summed E-state index contributed by atoms with van der Waals surface area (Å²) >= 11 is 0. The molecule has 0 radical (unpaired) electrons. The van der Waals surface area contributed by atoms with Crippen LogP contribution in [0, 0.1) is 5.41 Å². The van der Waals surface area contributed by atoms with Crippen LogP contribution in [0.3, 0.4) is 0 Å². The second-order valence-corrected chi connectivity index (χ2v) is 5.25. The van der Waals surface area contributed by atoms with Crippen molar-refractivity contribution in [2.24, 2.45) is 11.1 Å². The van der Waals surface area contributed by atoms with E-state index in [2.05, 4.69) is 0 Å². The first-order valence-electron chi connectivity index (χ1n) is 5.79. The lowest BCUT2D eigenvalue weighted by Gasteiger charge is -2.25. The highest BCUT2D eigenvalue weighted by Gasteiger charge is 2.40. The summed E-state index contributed by atoms with van der Waals surface area (Å²) in [4.78, 5) is 36.6. The maximum absolute atomic E-state index is 12.2. The second kappa shape index (κ2) is 4.08. The number of carbonyl (C=O) groups is 3. The summed E-state index contributed by atoms with van der Waals surface area (Å²) < 4.78 is 0. The maximum atomic E-state index is 12.2. The molecule has 100 valence electrons. The number of anilines is 1. The van der Waals surface area contributed by atoms with Gasteiger partial charge in [0, 0.05) is 12.2 Å². The molecule has 1 heterocycles. The number of nitrogens with two attached hydrogens (primary N) is 2. The van der Waals surface area contributed by atoms with Gasteiger partial charge in [0.1, 0.15) is 0 Å². The summed E-state index contributed by atoms with van der Waals surface area (Å²) in [6.07, 6.45) is 0. The van der Waals surface area contributed by atoms with E-state index in [0.29, 0.717) is 11.3 Å². The molecular weight excluding hydrogens is 246 g/mol. The topological polar surface area (TPSA) is 106 Å². The molecule has 1 aliphatic rings. The lowest BCUT2D eigenvalue weighted by molar-refractivity contribution is -0.126. The number of imide groups is 1. The van der Waals surface area contributed by atoms with Gasteiger partial charge in [0.15, 0.2) is 0 Å². The van der Waals surface area contributed by atoms with Crippen molar-refractivity contribution in [3.8, 4) is 0 Å². The fraction of sp³-hybridized carbons (Fsp3) is 0.308. The van der Waals surface area contributed by atoms with Crippen LogP contribution in [-0.4, -0.2) is 29.2 Å². The van der Waals surface area contributed by atoms with Gasteiger partial charge < -0.3 is 11.5 Å². The van der Waals surface area contributed by atoms with E-state index in [4.69, 9.17) is 11.5 Å². The van der Waals surface area contributed by atoms with Gasteiger partial charge >= 0.3 is 0 Å². The number of primary amides is 1. The zero-order valence-corrected chi connectivity index (χ0v) is 10.8. The van der Waals surface area contributed by atoms with E-state index in [1.54, 1.807) is 19.9 Å². The van der Waals surface area contributed by atoms with E-state index < -0.39 is 23.1 Å². The van der Waals surface area contributed by atoms with Crippen LogP contribution in [0.15, 0.2) is 18.2 Å². The molecule has 4 N–H and O–H groups in total. The standard InChI is InChI=1S/C13H15N3O3/c1-13(2,12(15)19)6-16-10(17)8-4-3-7(14)5-9(8)11(16)18/h3-5H,6,14H2,1-2H3,(H2,15,19). The highest BCUT2D eigenvalue weighted by molar-refractivity contribution is 6.21. The molecule has 0 saturated heterocycles. The van der Waals surface area contributed by atoms with Crippen LogP contribution in [0.25, 0.3) is 0 Å². The van der Waals surface area contributed by atoms with Gasteiger partial charge in [-0.1, -0.05) is 0 Å². The summed E-state index contributed by atoms with van der Waals surface area (Å²) in [6.45, 7) is 3.13. The molecule has 0 saturated carbocycles. The molecule has 6 heteroatoms. The van der Waals surface area contributed by atoms with Crippen molar-refractivity contribution < 1.29 is 14.4 Å². The summed E-state index contributed by atoms with van der Waals surface area (Å²) in [5.74, 6) is -1.43. The van der Waals surface area contributed by atoms with Crippen molar-refractivity contribution >= 4 is 23.4 Å². The highest BCUT2D eigenvalue weighted by Crippen LogP contribution is 2.28. The van der Waals surface area contributed by atoms with E-state index in [1.807, 2.05) is 0 Å². The predicted octanol–water partition coefficient (Wildman–Crippen LogP) is 0.376. The molecule has 1 aromatic carbocycles. The number of hydrogen-bond donors (Lipinski definition) is 2. The van der Waals surface area contributed by atoms with E-state index in [9.17, 15) is 14.4 Å². The Morgan fingerprint density at radius 3 is 2.37 bits per heavy atom. The van der Waals surface area contributed by atoms with Gasteiger partial charge in [0.2, 0.25) is 5.91 Å². The molecule has 6 nitrogen and oxygen atoms in total. The average Bonchev–Trinajstić information content (AvgIpc) is 2.54. The zero-order valence-electron chi connectivity index (χ0n) is 10.8. The molecule has 19 heavy (non-hydrogen) atoms. The number of benzene rings is 1. The third-order valence-electron chi connectivity index (χ3n) is 3.22. The van der Waals surface area contributed by atoms with Crippen LogP contribution < -0.4 is 11.5 Å². The fourth-order valence-electron chi connectivity index (χ4n) is 1.93. The number of fused-ring (bicyclic) bond motifs is 1. The summed E-state index contributed by atoms with van der Waals surface area (Å²) in [6, 6.07) is 4.54. The molecule has 0 aromatic heterocycles. The smallest absolute Gasteiger partial charge is 0.261 e. The summed E-state index contributed by atoms with van der Waals surface area (Å²) in [7, 11) is 0. The van der Waals surface area contributed by atoms with Gasteiger partial charge in [0.25, 0.3) is 11.8 Å². The first-order valence-corrected chi connectivity index (χ1v) is 5.79. The molecule has 0 spiro atoms. The van der Waals surface area contributed by atoms with Gasteiger partial charge in [-0.05, 0) is 32.0 Å². The first kappa shape index (κ1) is 13.1. The molecule has 1 aromatic rings. The predicted molar refractivity (Wildman–Crippen MR) is 69.2 cm³/mol. The highest BCUT2D eigenvalue weighted by atomic mass is 16.2. The lowest BCUT2D eigenvalue weighted by Crippen LogP contribution is -2.44. The van der Waals surface area contributed by atoms with Gasteiger partial charge in [-0.3, -0.25) is 19.3 Å². The quantitative estimate of drug-likeness (QED) is 0.605. The number of rotatable bonds is 3. The minimum Gasteiger partial charge on any atom is -0.399 e. The molecule has 2 rings (SSSR count). The Morgan fingerprint density at radius 2 is 1.79 bits per heavy atom. The van der Waals surface area contributed by atoms with Gasteiger partial charge in [-0.2, -0.15) is 0 Å². The molecule has 0 atom stereocenters. The lowest BCUT2D eigenvalue weighted by atomic mass is 9.92. The summed E-state index contributed by atoms with van der Waals surface area (Å²) in [5, 5.41) is 0. The Morgan fingerprint density at radius 1 is 1.21 bits per heavy atom. The monoisotopic (exact) mass is 261 g/mol. The molecular formula is C13H15N3O3. The van der Waals surface area contributed by atoms with Crippen molar-refractivity contribution in [2.45, 2.75) is 13.8 Å².